The Hall–Kier alpha value is -18.6. The summed E-state index contributed by atoms with van der Waals surface area (Å²) < 4.78 is 21.4. The number of carbonyl (C=O) groups excluding carboxylic acids is 12. The lowest BCUT2D eigenvalue weighted by molar-refractivity contribution is -0.128. The first-order valence-corrected chi connectivity index (χ1v) is 47.2. The number of nitrogens with one attached hydrogen (secondary N) is 7. The first-order chi connectivity index (χ1) is 70.7. The molecule has 8 aliphatic heterocycles. The van der Waals surface area contributed by atoms with Crippen molar-refractivity contribution in [1.82, 2.24) is 91.6 Å². The number of aromatic nitrogens is 6. The summed E-state index contributed by atoms with van der Waals surface area (Å²) >= 11 is 1.55. The highest BCUT2D eigenvalue weighted by molar-refractivity contribution is 7.13. The molecule has 0 radical (unpaired) electrons. The zero-order valence-corrected chi connectivity index (χ0v) is 80.7. The predicted octanol–water partition coefficient (Wildman–Crippen LogP) is 13.2. The molecule has 0 aliphatic carbocycles. The molecule has 0 unspecified atom stereocenters. The molecule has 34 nitrogen and oxygen atoms in total. The summed E-state index contributed by atoms with van der Waals surface area (Å²) in [5.74, 6) is 10.7. The van der Waals surface area contributed by atoms with Crippen molar-refractivity contribution in [2.24, 2.45) is 0 Å². The SMILES string of the molecule is CC#CCOc1ccc2c(c1)C(=O)N(C[C@]1(c3ccc(-c4cc(C)ccn4)cc3)C(=O)NC(=O)N1CC#CC)C2.COc1ccc2c(c1)C(=O)N(C[C@]1(c3ccc(-c4ccc(-c5nccs5)cn4)cc3)NC(=O)NC1=O)C2.COc1ccc2c(c1)C(=O)N(C[C@]1(c3ccc(-c4cnc5ccccc5n4)cc3)NC(=O)NC1=O)C2.COc1ccc2c(c1)C(=O)N(C[C@]1(c3ccc(-c4ncccc4C)cc3)NC(=O)NC1=O)C2. The number of imide groups is 4. The minimum Gasteiger partial charge on any atom is -0.497 e. The van der Waals surface area contributed by atoms with Crippen molar-refractivity contribution in [3.63, 3.8) is 0 Å². The molecular weight excluding hydrogens is 1870 g/mol. The van der Waals surface area contributed by atoms with Crippen LogP contribution >= 0.6 is 11.3 Å². The number of fused-ring (bicyclic) bond motifs is 5. The normalized spacial score (nSPS) is 18.5. The van der Waals surface area contributed by atoms with E-state index in [0.717, 1.165) is 94.3 Å². The average Bonchev–Trinajstić information content (AvgIpc) is 1.58. The molecule has 4 atom stereocenters. The monoisotopic (exact) mass is 1960 g/mol. The summed E-state index contributed by atoms with van der Waals surface area (Å²) in [4.78, 5) is 190. The van der Waals surface area contributed by atoms with Crippen molar-refractivity contribution in [3.05, 3.63) is 345 Å². The highest BCUT2D eigenvalue weighted by Crippen LogP contribution is 2.43. The number of carbonyl (C=O) groups is 12. The van der Waals surface area contributed by atoms with Crippen molar-refractivity contribution in [2.45, 2.75) is 76.0 Å². The predicted molar refractivity (Wildman–Crippen MR) is 538 cm³/mol. The second-order valence-corrected chi connectivity index (χ2v) is 36.4. The summed E-state index contributed by atoms with van der Waals surface area (Å²) in [6.45, 7) is 8.86. The molecule has 0 bridgehead atoms. The number of hydrogen-bond acceptors (Lipinski definition) is 23. The van der Waals surface area contributed by atoms with Gasteiger partial charge in [0, 0.05) is 106 Å². The highest BCUT2D eigenvalue weighted by atomic mass is 32.1. The van der Waals surface area contributed by atoms with E-state index in [1.807, 2.05) is 165 Å². The number of aryl methyl sites for hydroxylation is 2. The average molecular weight is 1970 g/mol. The van der Waals surface area contributed by atoms with E-state index in [1.54, 1.807) is 182 Å². The Bertz CT molecular complexity index is 7810. The Labute approximate surface area is 840 Å². The Kier molecular flexibility index (Phi) is 26.5. The zero-order valence-electron chi connectivity index (χ0n) is 79.8. The number of ether oxygens (including phenoxy) is 4. The van der Waals surface area contributed by atoms with Crippen molar-refractivity contribution >= 4 is 93.8 Å². The fourth-order valence-corrected chi connectivity index (χ4v) is 19.8. The first kappa shape index (κ1) is 96.2. The summed E-state index contributed by atoms with van der Waals surface area (Å²) in [5, 5.41) is 20.6. The zero-order chi connectivity index (χ0) is 102. The molecular formula is C111H92N18O16S. The van der Waals surface area contributed by atoms with Gasteiger partial charge in [0.2, 0.25) is 0 Å². The number of nitrogens with zero attached hydrogens (tertiary/aromatic N) is 11. The van der Waals surface area contributed by atoms with Crippen LogP contribution in [0.25, 0.3) is 66.6 Å². The van der Waals surface area contributed by atoms with Crippen LogP contribution in [-0.2, 0) is 67.5 Å². The van der Waals surface area contributed by atoms with Gasteiger partial charge in [-0.15, -0.1) is 23.2 Å². The number of rotatable bonds is 23. The van der Waals surface area contributed by atoms with Crippen LogP contribution < -0.4 is 56.2 Å². The molecule has 728 valence electrons. The molecule has 22 rings (SSSR count). The molecule has 14 aromatic rings. The van der Waals surface area contributed by atoms with E-state index in [1.165, 1.54) is 4.90 Å². The van der Waals surface area contributed by atoms with E-state index in [-0.39, 0.29) is 63.0 Å². The maximum atomic E-state index is 13.6. The lowest BCUT2D eigenvalue weighted by Gasteiger charge is -2.37. The fourth-order valence-electron chi connectivity index (χ4n) is 19.1. The smallest absolute Gasteiger partial charge is 0.326 e. The van der Waals surface area contributed by atoms with Gasteiger partial charge in [0.25, 0.3) is 47.3 Å². The molecule has 0 saturated carbocycles. The van der Waals surface area contributed by atoms with Crippen LogP contribution in [0.1, 0.15) is 111 Å². The van der Waals surface area contributed by atoms with Crippen LogP contribution in [0, 0.1) is 37.5 Å². The van der Waals surface area contributed by atoms with Gasteiger partial charge in [-0.05, 0) is 174 Å². The van der Waals surface area contributed by atoms with Gasteiger partial charge in [0.15, 0.2) is 22.2 Å². The molecule has 146 heavy (non-hydrogen) atoms. The Balaban J connectivity index is 0.000000123. The highest BCUT2D eigenvalue weighted by Gasteiger charge is 2.58. The minimum atomic E-state index is -1.47. The van der Waals surface area contributed by atoms with Crippen LogP contribution in [0.2, 0.25) is 0 Å². The van der Waals surface area contributed by atoms with Crippen LogP contribution in [0.4, 0.5) is 19.2 Å². The van der Waals surface area contributed by atoms with E-state index < -0.39 is 69.9 Å². The van der Waals surface area contributed by atoms with Crippen molar-refractivity contribution in [1.29, 1.82) is 0 Å². The van der Waals surface area contributed by atoms with Crippen molar-refractivity contribution < 1.29 is 76.5 Å². The second-order valence-electron chi connectivity index (χ2n) is 35.5. The lowest BCUT2D eigenvalue weighted by atomic mass is 9.86. The lowest BCUT2D eigenvalue weighted by Crippen LogP contribution is -2.54. The molecule has 8 aliphatic rings. The van der Waals surface area contributed by atoms with E-state index >= 15 is 0 Å². The second kappa shape index (κ2) is 40.2. The van der Waals surface area contributed by atoms with E-state index in [0.29, 0.717) is 99.4 Å². The van der Waals surface area contributed by atoms with E-state index in [9.17, 15) is 57.5 Å². The van der Waals surface area contributed by atoms with Gasteiger partial charge >= 0.3 is 24.1 Å². The van der Waals surface area contributed by atoms with Crippen molar-refractivity contribution in [2.75, 3.05) is 60.7 Å². The maximum absolute atomic E-state index is 13.6. The number of urea groups is 4. The number of benzene rings is 9. The third-order valence-electron chi connectivity index (χ3n) is 26.8. The number of thiazole rings is 1. The van der Waals surface area contributed by atoms with Gasteiger partial charge < -0.3 is 54.5 Å². The third kappa shape index (κ3) is 18.5. The topological polar surface area (TPSA) is 420 Å². The van der Waals surface area contributed by atoms with Gasteiger partial charge in [-0.2, -0.15) is 0 Å². The molecule has 4 fully saturated rings. The third-order valence-corrected chi connectivity index (χ3v) is 27.6. The minimum absolute atomic E-state index is 0.00234. The Morgan fingerprint density at radius 2 is 0.822 bits per heavy atom. The molecule has 13 heterocycles. The molecule has 0 spiro atoms. The number of para-hydroxylation sites is 2. The maximum Gasteiger partial charge on any atom is 0.326 e. The van der Waals surface area contributed by atoms with E-state index in [4.69, 9.17) is 18.9 Å². The van der Waals surface area contributed by atoms with Gasteiger partial charge in [-0.3, -0.25) is 84.5 Å². The van der Waals surface area contributed by atoms with Gasteiger partial charge in [-0.25, -0.2) is 29.1 Å². The van der Waals surface area contributed by atoms with Crippen LogP contribution in [-0.4, -0.2) is 186 Å². The summed E-state index contributed by atoms with van der Waals surface area (Å²) in [6, 6.07) is 67.5. The Morgan fingerprint density at radius 1 is 0.377 bits per heavy atom. The van der Waals surface area contributed by atoms with Crippen LogP contribution in [0.15, 0.2) is 267 Å². The molecule has 16 amide bonds. The van der Waals surface area contributed by atoms with Gasteiger partial charge in [0.1, 0.15) is 34.6 Å². The summed E-state index contributed by atoms with van der Waals surface area (Å²) in [7, 11) is 4.63. The molecule has 7 N–H and O–H groups in total. The standard InChI is InChI=1S/C32H28N4O4.C27H21N5O4S.C27H21N5O4.C25H22N4O4/c1-4-6-16-36-31(39)34-30(38)32(36,25-11-8-23(9-12-25)28-18-22(3)14-15-33-28)21-35-20-24-10-13-26(40-17-7-5-2)19-27(24)29(35)37;1-36-20-8-4-18-14-32(24(33)21(18)12-20)15-27(25(34)30-26(35)31-27)19-6-2-16(3-7-19)22-9-5-17(13-29-22)23-28-10-11-37-23;1-36-19-11-8-17-14-32(24(33)20(17)12-19)15-27(25(34)30-26(35)31-27)18-9-6-16(7-10-18)23-13-28-21-4-2-3-5-22(21)29-23;1-15-4-3-11-26-21(15)16-5-8-18(9-6-16)25(23(31)27-24(32)28-25)14-29-13-17-7-10-19(33-2)12-20(17)22(29)30/h8-15,18-19H,16-17,20-21H2,1-3H3,(H,34,38,39);2-13H,14-15H2,1H3,(H2,30,31,34,35);2-13H,14-15H2,1H3,(H2,30,31,34,35);3-12H,13-14H2,1-2H3,(H2,27,28,31,32)/t32-;2*27-;25-/m0111/s1. The number of hydrogen-bond donors (Lipinski definition) is 7. The van der Waals surface area contributed by atoms with Gasteiger partial charge in [0.05, 0.1) is 94.1 Å². The van der Waals surface area contributed by atoms with Crippen LogP contribution in [0.5, 0.6) is 23.0 Å². The van der Waals surface area contributed by atoms with Gasteiger partial charge in [-0.1, -0.05) is 151 Å². The number of pyridine rings is 3. The largest absolute Gasteiger partial charge is 0.497 e. The van der Waals surface area contributed by atoms with Crippen molar-refractivity contribution in [3.8, 4) is 102 Å². The summed E-state index contributed by atoms with van der Waals surface area (Å²) in [5.41, 5.74) is 13.2. The molecule has 9 aromatic carbocycles. The quantitative estimate of drug-likeness (QED) is 0.0231. The number of amides is 16. The first-order valence-electron chi connectivity index (χ1n) is 46.3. The number of methoxy groups -OCH3 is 3. The fraction of sp³-hybridized carbons (Fsp3) is 0.189. The Morgan fingerprint density at radius 3 is 1.26 bits per heavy atom. The molecule has 5 aromatic heterocycles. The summed E-state index contributed by atoms with van der Waals surface area (Å²) in [6.07, 6.45) is 8.71. The van der Waals surface area contributed by atoms with E-state index in [2.05, 4.69) is 90.8 Å². The van der Waals surface area contributed by atoms with Crippen LogP contribution in [0.3, 0.4) is 0 Å². The molecule has 4 saturated heterocycles. The molecule has 35 heteroatoms.